The molecule has 0 aliphatic carbocycles. The number of hydrogen-bond acceptors (Lipinski definition) is 1. The van der Waals surface area contributed by atoms with Crippen LogP contribution in [0, 0.1) is 0 Å². The first-order valence-corrected chi connectivity index (χ1v) is 11.3. The van der Waals surface area contributed by atoms with E-state index in [1.807, 2.05) is 17.8 Å². The minimum absolute atomic E-state index is 0.525. The lowest BCUT2D eigenvalue weighted by molar-refractivity contribution is 0.914. The Kier molecular flexibility index (Phi) is 5.11. The lowest BCUT2D eigenvalue weighted by Gasteiger charge is -2.27. The van der Waals surface area contributed by atoms with Gasteiger partial charge < -0.3 is 4.57 Å². The van der Waals surface area contributed by atoms with Gasteiger partial charge in [-0.2, -0.15) is 0 Å². The molecule has 4 aromatic rings. The van der Waals surface area contributed by atoms with Crippen LogP contribution < -0.4 is 15.9 Å². The highest BCUT2D eigenvalue weighted by atomic mass is 35.5. The fourth-order valence-corrected chi connectivity index (χ4v) is 7.87. The van der Waals surface area contributed by atoms with Crippen molar-refractivity contribution in [1.82, 2.24) is 9.55 Å². The minimum atomic E-state index is -1.92. The maximum atomic E-state index is 6.26. The van der Waals surface area contributed by atoms with Crippen LogP contribution in [0.4, 0.5) is 0 Å². The summed E-state index contributed by atoms with van der Waals surface area (Å²) in [6.07, 6.45) is 2.89. The minimum Gasteiger partial charge on any atom is -0.324 e. The van der Waals surface area contributed by atoms with E-state index in [0.717, 1.165) is 11.9 Å². The Morgan fingerprint density at radius 2 is 1.15 bits per heavy atom. The maximum absolute atomic E-state index is 6.26. The highest BCUT2D eigenvalue weighted by Crippen LogP contribution is 2.57. The Labute approximate surface area is 165 Å². The van der Waals surface area contributed by atoms with Gasteiger partial charge in [0.15, 0.2) is 0 Å². The number of hydrogen-bond donors (Lipinski definition) is 0. The number of aryl methyl sites for hydroxylation is 1. The Hall–Kier alpha value is -2.41. The summed E-state index contributed by atoms with van der Waals surface area (Å²) >= 11 is 6.26. The summed E-state index contributed by atoms with van der Waals surface area (Å²) in [5.74, 6) is 0. The number of benzene rings is 3. The Balaban J connectivity index is 2.00. The third-order valence-electron chi connectivity index (χ3n) is 4.86. The van der Waals surface area contributed by atoms with Gasteiger partial charge in [0.1, 0.15) is 29.3 Å². The molecule has 0 N–H and O–H groups in total. The molecule has 0 unspecified atom stereocenters. The average molecular weight is 392 g/mol. The van der Waals surface area contributed by atoms with Crippen LogP contribution in [0.1, 0.15) is 5.69 Å². The molecule has 0 saturated heterocycles. The molecule has 4 heteroatoms. The second kappa shape index (κ2) is 7.68. The molecule has 2 nitrogen and oxygen atoms in total. The van der Waals surface area contributed by atoms with Crippen LogP contribution in [0.3, 0.4) is 0 Å². The smallest absolute Gasteiger partial charge is 0.202 e. The normalized spacial score (nSPS) is 11.5. The van der Waals surface area contributed by atoms with Gasteiger partial charge >= 0.3 is 0 Å². The number of nitrogens with zero attached hydrogens (tertiary/aromatic N) is 2. The van der Waals surface area contributed by atoms with Crippen LogP contribution >= 0.6 is 18.9 Å². The predicted octanol–water partition coefficient (Wildman–Crippen LogP) is 4.57. The number of aromatic nitrogens is 2. The molecule has 4 rings (SSSR count). The van der Waals surface area contributed by atoms with Crippen molar-refractivity contribution in [3.8, 4) is 0 Å². The molecule has 0 saturated carbocycles. The zero-order valence-electron chi connectivity index (χ0n) is 15.2. The Morgan fingerprint density at radius 1 is 0.741 bits per heavy atom. The largest absolute Gasteiger partial charge is 0.324 e. The first-order chi connectivity index (χ1) is 13.2. The van der Waals surface area contributed by atoms with E-state index in [0.29, 0.717) is 5.28 Å². The van der Waals surface area contributed by atoms with Crippen LogP contribution in [0.25, 0.3) is 0 Å². The van der Waals surface area contributed by atoms with E-state index in [-0.39, 0.29) is 0 Å². The topological polar surface area (TPSA) is 17.8 Å². The van der Waals surface area contributed by atoms with Crippen molar-refractivity contribution >= 4 is 34.8 Å². The van der Waals surface area contributed by atoms with Gasteiger partial charge in [-0.15, -0.1) is 0 Å². The maximum Gasteiger partial charge on any atom is 0.202 e. The van der Waals surface area contributed by atoms with Gasteiger partial charge in [0, 0.05) is 13.2 Å². The zero-order chi connectivity index (χ0) is 18.7. The molecule has 0 aliphatic rings. The molecule has 0 amide bonds. The summed E-state index contributed by atoms with van der Waals surface area (Å²) in [5, 5.41) is 4.58. The van der Waals surface area contributed by atoms with E-state index >= 15 is 0 Å². The van der Waals surface area contributed by atoms with Crippen LogP contribution in [0.15, 0.2) is 97.2 Å². The van der Waals surface area contributed by atoms with Crippen LogP contribution in [0.2, 0.25) is 5.28 Å². The number of halogens is 1. The molecule has 27 heavy (non-hydrogen) atoms. The summed E-state index contributed by atoms with van der Waals surface area (Å²) < 4.78 is 1.88. The lowest BCUT2D eigenvalue weighted by atomic mass is 10.4. The fraction of sp³-hybridized carbons (Fsp3) is 0.0870. The van der Waals surface area contributed by atoms with E-state index < -0.39 is 7.26 Å². The highest BCUT2D eigenvalue weighted by Gasteiger charge is 2.46. The van der Waals surface area contributed by atoms with E-state index in [1.54, 1.807) is 0 Å². The van der Waals surface area contributed by atoms with Crippen molar-refractivity contribution < 1.29 is 0 Å². The van der Waals surface area contributed by atoms with Crippen molar-refractivity contribution in [3.05, 3.63) is 108 Å². The Bertz CT molecular complexity index is 898. The van der Waals surface area contributed by atoms with Gasteiger partial charge in [0.25, 0.3) is 0 Å². The first-order valence-electron chi connectivity index (χ1n) is 8.93. The molecule has 0 fully saturated rings. The Morgan fingerprint density at radius 3 is 1.48 bits per heavy atom. The molecule has 1 heterocycles. The third kappa shape index (κ3) is 3.43. The summed E-state index contributed by atoms with van der Waals surface area (Å²) in [6.45, 7) is 0. The third-order valence-corrected chi connectivity index (χ3v) is 9.55. The molecule has 0 bridgehead atoms. The summed E-state index contributed by atoms with van der Waals surface area (Å²) in [7, 11) is 0.0209. The van der Waals surface area contributed by atoms with E-state index in [9.17, 15) is 0 Å². The van der Waals surface area contributed by atoms with Gasteiger partial charge in [-0.1, -0.05) is 54.6 Å². The molecule has 0 spiro atoms. The number of imidazole rings is 1. The first kappa shape index (κ1) is 18.0. The van der Waals surface area contributed by atoms with Crippen LogP contribution in [-0.2, 0) is 13.2 Å². The monoisotopic (exact) mass is 391 g/mol. The van der Waals surface area contributed by atoms with E-state index in [2.05, 4.69) is 96.0 Å². The van der Waals surface area contributed by atoms with Crippen molar-refractivity contribution in [2.75, 3.05) is 0 Å². The quantitative estimate of drug-likeness (QED) is 0.456. The predicted molar refractivity (Wildman–Crippen MR) is 117 cm³/mol. The highest BCUT2D eigenvalue weighted by molar-refractivity contribution is 7.95. The van der Waals surface area contributed by atoms with E-state index in [4.69, 9.17) is 11.6 Å². The lowest BCUT2D eigenvalue weighted by Crippen LogP contribution is -2.32. The van der Waals surface area contributed by atoms with Gasteiger partial charge in [-0.25, -0.2) is 4.98 Å². The van der Waals surface area contributed by atoms with Gasteiger partial charge in [-0.05, 0) is 48.0 Å². The van der Waals surface area contributed by atoms with Gasteiger partial charge in [0.05, 0.1) is 5.69 Å². The van der Waals surface area contributed by atoms with Gasteiger partial charge in [-0.3, -0.25) is 0 Å². The standard InChI is InChI=1S/C23H21ClN2P/c1-26-17-19(25-23(26)24)18-27(20-11-5-2-6-12-20,21-13-7-3-8-14-21)22-15-9-4-10-16-22/h2-17H,18H2,1H3/q+1. The summed E-state index contributed by atoms with van der Waals surface area (Å²) in [5.41, 5.74) is 1.02. The fourth-order valence-electron chi connectivity index (χ4n) is 3.59. The molecule has 0 atom stereocenters. The van der Waals surface area contributed by atoms with E-state index in [1.165, 1.54) is 15.9 Å². The van der Waals surface area contributed by atoms with Crippen LogP contribution in [-0.4, -0.2) is 9.55 Å². The molecule has 3 aromatic carbocycles. The second-order valence-corrected chi connectivity index (χ2v) is 10.4. The molecule has 134 valence electrons. The van der Waals surface area contributed by atoms with Crippen molar-refractivity contribution in [1.29, 1.82) is 0 Å². The average Bonchev–Trinajstić information content (AvgIpc) is 3.05. The number of rotatable bonds is 5. The SMILES string of the molecule is Cn1cc(C[P+](c2ccccc2)(c2ccccc2)c2ccccc2)nc1Cl. The molecule has 0 aliphatic heterocycles. The second-order valence-electron chi connectivity index (χ2n) is 6.59. The van der Waals surface area contributed by atoms with Crippen LogP contribution in [0.5, 0.6) is 0 Å². The molecular formula is C23H21ClN2P+. The summed E-state index contributed by atoms with van der Waals surface area (Å²) in [4.78, 5) is 4.63. The van der Waals surface area contributed by atoms with Crippen molar-refractivity contribution in [3.63, 3.8) is 0 Å². The molecular weight excluding hydrogens is 371 g/mol. The van der Waals surface area contributed by atoms with Crippen molar-refractivity contribution in [2.45, 2.75) is 6.16 Å². The van der Waals surface area contributed by atoms with Crippen molar-refractivity contribution in [2.24, 2.45) is 7.05 Å². The zero-order valence-corrected chi connectivity index (χ0v) is 16.8. The molecule has 0 radical (unpaired) electrons. The summed E-state index contributed by atoms with van der Waals surface area (Å²) in [6, 6.07) is 32.5. The molecule has 1 aromatic heterocycles. The van der Waals surface area contributed by atoms with Gasteiger partial charge in [0.2, 0.25) is 5.28 Å².